The van der Waals surface area contributed by atoms with Crippen LogP contribution in [0.4, 0.5) is 23.3 Å². The van der Waals surface area contributed by atoms with Crippen LogP contribution >= 0.6 is 0 Å². The average molecular weight is 715 g/mol. The summed E-state index contributed by atoms with van der Waals surface area (Å²) in [5, 5.41) is 24.0. The fraction of sp³-hybridized carbons (Fsp3) is 0.263. The minimum Gasteiger partial charge on any atom is -0.461 e. The van der Waals surface area contributed by atoms with Crippen molar-refractivity contribution >= 4 is 35.2 Å². The number of rotatable bonds is 9. The second-order valence-corrected chi connectivity index (χ2v) is 12.3. The normalized spacial score (nSPS) is 12.2. The number of hydrogen-bond donors (Lipinski definition) is 3. The smallest absolute Gasteiger partial charge is 0.359 e. The van der Waals surface area contributed by atoms with Gasteiger partial charge in [0.15, 0.2) is 11.4 Å². The molecule has 2 aliphatic carbocycles. The summed E-state index contributed by atoms with van der Waals surface area (Å²) in [7, 11) is 3.60. The van der Waals surface area contributed by atoms with Crippen molar-refractivity contribution < 1.29 is 24.2 Å². The Hall–Kier alpha value is -6.48. The molecule has 0 unspecified atom stereocenters. The molecule has 0 spiro atoms. The molecule has 0 saturated heterocycles. The van der Waals surface area contributed by atoms with Crippen molar-refractivity contribution in [2.45, 2.75) is 32.6 Å². The highest BCUT2D eigenvalue weighted by Crippen LogP contribution is 2.36. The van der Waals surface area contributed by atoms with Crippen LogP contribution in [0, 0.1) is 0 Å². The van der Waals surface area contributed by atoms with Crippen molar-refractivity contribution in [3.8, 4) is 22.8 Å². The molecule has 0 radical (unpaired) electrons. The molecule has 270 valence electrons. The molecule has 2 aromatic carbocycles. The molecule has 15 nitrogen and oxygen atoms in total. The largest absolute Gasteiger partial charge is 0.461 e. The first kappa shape index (κ1) is 34.9. The lowest BCUT2D eigenvalue weighted by Gasteiger charge is -2.17. The molecule has 0 fully saturated rings. The van der Waals surface area contributed by atoms with Crippen molar-refractivity contribution in [1.29, 1.82) is 0 Å². The van der Waals surface area contributed by atoms with Gasteiger partial charge in [0.2, 0.25) is 11.9 Å². The van der Waals surface area contributed by atoms with Gasteiger partial charge >= 0.3 is 11.9 Å². The van der Waals surface area contributed by atoms with Crippen molar-refractivity contribution in [3.63, 3.8) is 0 Å². The molecule has 6 aromatic rings. The third-order valence-corrected chi connectivity index (χ3v) is 8.80. The minimum absolute atomic E-state index is 0.0475. The van der Waals surface area contributed by atoms with Gasteiger partial charge in [0.25, 0.3) is 0 Å². The van der Waals surface area contributed by atoms with Crippen molar-refractivity contribution in [1.82, 2.24) is 39.5 Å². The standard InChI is InChI=1S/C19H19N5O3.C19H19N5O2/c1-24-17-14(16(23-24)18(26)27-10-9-25)8-7-12-11-20-19(22-15(12)17)21-13-5-3-2-4-6-13;1-3-26-18(25)16-14-10-9-12-11-20-19(21-13-7-5-4-6-8-13)22-15(12)17(14)24(2)23-16/h2-6,11,25H,7-10H2,1H3,(H,20,21,22);4-8,11H,3,9-10H2,1-2H3,(H,20,21,22). The molecular formula is C38H38N10O5. The van der Waals surface area contributed by atoms with Gasteiger partial charge in [-0.2, -0.15) is 10.2 Å². The predicted octanol–water partition coefficient (Wildman–Crippen LogP) is 4.76. The number of aliphatic hydroxyl groups is 1. The molecule has 15 heteroatoms. The van der Waals surface area contributed by atoms with Crippen LogP contribution in [0.1, 0.15) is 50.2 Å². The van der Waals surface area contributed by atoms with Crippen LogP contribution in [0.5, 0.6) is 0 Å². The highest BCUT2D eigenvalue weighted by molar-refractivity contribution is 5.92. The number of carbonyl (C=O) groups is 2. The number of benzene rings is 2. The Bertz CT molecular complexity index is 2270. The van der Waals surface area contributed by atoms with E-state index >= 15 is 0 Å². The number of aryl methyl sites for hydroxylation is 4. The van der Waals surface area contributed by atoms with E-state index in [1.54, 1.807) is 23.3 Å². The molecule has 0 aliphatic heterocycles. The van der Waals surface area contributed by atoms with Crippen molar-refractivity contribution in [3.05, 3.63) is 107 Å². The van der Waals surface area contributed by atoms with E-state index in [-0.39, 0.29) is 24.9 Å². The van der Waals surface area contributed by atoms with E-state index < -0.39 is 5.97 Å². The van der Waals surface area contributed by atoms with E-state index in [2.05, 4.69) is 35.8 Å². The Balaban J connectivity index is 0.000000164. The molecule has 2 aliphatic rings. The average Bonchev–Trinajstić information content (AvgIpc) is 3.71. The van der Waals surface area contributed by atoms with Crippen LogP contribution in [0.15, 0.2) is 73.1 Å². The Labute approximate surface area is 305 Å². The highest BCUT2D eigenvalue weighted by atomic mass is 16.5. The summed E-state index contributed by atoms with van der Waals surface area (Å²) in [6, 6.07) is 19.5. The molecule has 3 N–H and O–H groups in total. The van der Waals surface area contributed by atoms with Gasteiger partial charge in [-0.05, 0) is 68.0 Å². The van der Waals surface area contributed by atoms with Crippen LogP contribution in [0.3, 0.4) is 0 Å². The number of nitrogens with one attached hydrogen (secondary N) is 2. The lowest BCUT2D eigenvalue weighted by atomic mass is 9.93. The first-order chi connectivity index (χ1) is 25.8. The fourth-order valence-corrected chi connectivity index (χ4v) is 6.47. The maximum Gasteiger partial charge on any atom is 0.359 e. The minimum atomic E-state index is -0.527. The van der Waals surface area contributed by atoms with Crippen LogP contribution in [0.25, 0.3) is 22.8 Å². The van der Waals surface area contributed by atoms with E-state index in [1.807, 2.05) is 80.1 Å². The van der Waals surface area contributed by atoms with Gasteiger partial charge in [0, 0.05) is 49.0 Å². The summed E-state index contributed by atoms with van der Waals surface area (Å²) < 4.78 is 13.5. The van der Waals surface area contributed by atoms with E-state index in [0.29, 0.717) is 30.6 Å². The Kier molecular flexibility index (Phi) is 10.2. The monoisotopic (exact) mass is 714 g/mol. The molecule has 8 rings (SSSR count). The summed E-state index contributed by atoms with van der Waals surface area (Å²) in [4.78, 5) is 42.6. The van der Waals surface area contributed by atoms with Gasteiger partial charge < -0.3 is 25.2 Å². The summed E-state index contributed by atoms with van der Waals surface area (Å²) in [6.07, 6.45) is 6.53. The lowest BCUT2D eigenvalue weighted by molar-refractivity contribution is 0.0424. The number of nitrogens with zero attached hydrogens (tertiary/aromatic N) is 8. The topological polar surface area (TPSA) is 184 Å². The van der Waals surface area contributed by atoms with Gasteiger partial charge in [0.05, 0.1) is 36.0 Å². The van der Waals surface area contributed by atoms with E-state index in [4.69, 9.17) is 19.6 Å². The number of ether oxygens (including phenoxy) is 2. The van der Waals surface area contributed by atoms with E-state index in [0.717, 1.165) is 75.7 Å². The van der Waals surface area contributed by atoms with Crippen molar-refractivity contribution in [2.75, 3.05) is 30.5 Å². The predicted molar refractivity (Wildman–Crippen MR) is 196 cm³/mol. The summed E-state index contributed by atoms with van der Waals surface area (Å²) in [5.74, 6) is 0.0885. The van der Waals surface area contributed by atoms with Gasteiger partial charge in [0.1, 0.15) is 6.61 Å². The first-order valence-corrected chi connectivity index (χ1v) is 17.3. The quantitative estimate of drug-likeness (QED) is 0.174. The molecule has 4 heterocycles. The SMILES string of the molecule is CCOC(=O)c1nn(C)c2c1CCc1cnc(Nc3ccccc3)nc1-2.Cn1nc(C(=O)OCCO)c2c1-c1nc(Nc3ccccc3)ncc1CC2. The number of carbonyl (C=O) groups excluding carboxylic acids is 2. The number of hydrogen-bond acceptors (Lipinski definition) is 13. The second-order valence-electron chi connectivity index (χ2n) is 12.3. The lowest BCUT2D eigenvalue weighted by Crippen LogP contribution is -2.14. The number of fused-ring (bicyclic) bond motifs is 6. The number of esters is 2. The maximum absolute atomic E-state index is 12.3. The number of anilines is 4. The summed E-state index contributed by atoms with van der Waals surface area (Å²) >= 11 is 0. The van der Waals surface area contributed by atoms with Crippen LogP contribution in [0.2, 0.25) is 0 Å². The molecule has 0 amide bonds. The fourth-order valence-electron chi connectivity index (χ4n) is 6.47. The zero-order valence-electron chi connectivity index (χ0n) is 29.5. The number of aliphatic hydroxyl groups excluding tert-OH is 1. The molecular weight excluding hydrogens is 676 g/mol. The Morgan fingerprint density at radius 2 is 1.15 bits per heavy atom. The first-order valence-electron chi connectivity index (χ1n) is 17.3. The number of aromatic nitrogens is 8. The zero-order valence-corrected chi connectivity index (χ0v) is 29.5. The van der Waals surface area contributed by atoms with E-state index in [9.17, 15) is 9.59 Å². The van der Waals surface area contributed by atoms with E-state index in [1.165, 1.54) is 0 Å². The van der Waals surface area contributed by atoms with Crippen molar-refractivity contribution in [2.24, 2.45) is 14.1 Å². The van der Waals surface area contributed by atoms with Crippen LogP contribution in [-0.4, -0.2) is 76.4 Å². The Morgan fingerprint density at radius 3 is 1.58 bits per heavy atom. The molecule has 0 bridgehead atoms. The maximum atomic E-state index is 12.3. The molecule has 0 saturated carbocycles. The summed E-state index contributed by atoms with van der Waals surface area (Å²) in [6.45, 7) is 1.85. The highest BCUT2D eigenvalue weighted by Gasteiger charge is 2.31. The molecule has 53 heavy (non-hydrogen) atoms. The van der Waals surface area contributed by atoms with Gasteiger partial charge in [-0.15, -0.1) is 0 Å². The van der Waals surface area contributed by atoms with Gasteiger partial charge in [-0.3, -0.25) is 9.36 Å². The number of para-hydroxylation sites is 2. The zero-order chi connectivity index (χ0) is 36.9. The third-order valence-electron chi connectivity index (χ3n) is 8.80. The van der Waals surface area contributed by atoms with Crippen LogP contribution in [-0.2, 0) is 49.3 Å². The Morgan fingerprint density at radius 1 is 0.698 bits per heavy atom. The third kappa shape index (κ3) is 7.32. The van der Waals surface area contributed by atoms with Crippen LogP contribution < -0.4 is 10.6 Å². The van der Waals surface area contributed by atoms with Gasteiger partial charge in [-0.1, -0.05) is 36.4 Å². The second kappa shape index (κ2) is 15.4. The molecule has 4 aromatic heterocycles. The summed E-state index contributed by atoms with van der Waals surface area (Å²) in [5.41, 5.74) is 9.47. The molecule has 0 atom stereocenters. The van der Waals surface area contributed by atoms with Gasteiger partial charge in [-0.25, -0.2) is 29.5 Å².